The Morgan fingerprint density at radius 2 is 1.95 bits per heavy atom. The predicted octanol–water partition coefficient (Wildman–Crippen LogP) is 3.21. The van der Waals surface area contributed by atoms with E-state index in [-0.39, 0.29) is 17.7 Å². The van der Waals surface area contributed by atoms with Crippen molar-refractivity contribution in [3.05, 3.63) is 53.5 Å². The number of benzene rings is 1. The summed E-state index contributed by atoms with van der Waals surface area (Å²) in [7, 11) is 0. The van der Waals surface area contributed by atoms with Crippen molar-refractivity contribution in [1.82, 2.24) is 9.88 Å². The van der Waals surface area contributed by atoms with Crippen LogP contribution in [0.4, 0.5) is 0 Å². The van der Waals surface area contributed by atoms with Gasteiger partial charge in [0, 0.05) is 23.7 Å². The molecule has 1 N–H and O–H groups in total. The molecule has 110 valence electrons. The van der Waals surface area contributed by atoms with Crippen molar-refractivity contribution >= 4 is 33.4 Å². The van der Waals surface area contributed by atoms with Crippen LogP contribution in [0.1, 0.15) is 24.3 Å². The van der Waals surface area contributed by atoms with Gasteiger partial charge >= 0.3 is 0 Å². The molecule has 1 atom stereocenters. The summed E-state index contributed by atoms with van der Waals surface area (Å²) >= 11 is 1.64. The van der Waals surface area contributed by atoms with E-state index in [9.17, 15) is 9.59 Å². The van der Waals surface area contributed by atoms with Crippen LogP contribution in [0.15, 0.2) is 48.0 Å². The Labute approximate surface area is 131 Å². The number of imide groups is 1. The van der Waals surface area contributed by atoms with Gasteiger partial charge in [-0.2, -0.15) is 0 Å². The Kier molecular flexibility index (Phi) is 3.08. The summed E-state index contributed by atoms with van der Waals surface area (Å²) in [6.45, 7) is 0. The largest absolute Gasteiger partial charge is 0.308 e. The summed E-state index contributed by atoms with van der Waals surface area (Å²) in [6, 6.07) is 12.2. The number of nitrogens with zero attached hydrogens (tertiary/aromatic N) is 1. The van der Waals surface area contributed by atoms with Crippen molar-refractivity contribution in [2.24, 2.45) is 0 Å². The normalized spacial score (nSPS) is 18.6. The molecule has 3 heterocycles. The average Bonchev–Trinajstić information content (AvgIpc) is 3.10. The molecule has 2 aromatic heterocycles. The smallest absolute Gasteiger partial charge is 0.234 e. The first-order valence-corrected chi connectivity index (χ1v) is 8.09. The minimum atomic E-state index is -0.224. The standard InChI is InChI=1S/C17H14N2O2S/c20-15-7-6-12(16(21)18-15)14-10-22-17-13(14)8-9-19(17)11-4-2-1-3-5-11/h1-5,8-10,12H,6-7H2,(H,18,20,21). The van der Waals surface area contributed by atoms with E-state index >= 15 is 0 Å². The SMILES string of the molecule is O=C1CCC(c2csc3c2ccn3-c2ccccc2)C(=O)N1. The lowest BCUT2D eigenvalue weighted by molar-refractivity contribution is -0.134. The Bertz CT molecular complexity index is 863. The van der Waals surface area contributed by atoms with E-state index in [2.05, 4.69) is 28.1 Å². The van der Waals surface area contributed by atoms with Crippen molar-refractivity contribution in [3.8, 4) is 5.69 Å². The number of nitrogens with one attached hydrogen (secondary N) is 1. The second-order valence-corrected chi connectivity index (χ2v) is 6.29. The number of hydrogen-bond acceptors (Lipinski definition) is 3. The summed E-state index contributed by atoms with van der Waals surface area (Å²) in [5, 5.41) is 5.59. The van der Waals surface area contributed by atoms with E-state index in [1.54, 1.807) is 11.3 Å². The molecular weight excluding hydrogens is 296 g/mol. The minimum Gasteiger partial charge on any atom is -0.308 e. The number of carbonyl (C=O) groups excluding carboxylic acids is 2. The second-order valence-electron chi connectivity index (χ2n) is 5.43. The van der Waals surface area contributed by atoms with Crippen molar-refractivity contribution in [2.45, 2.75) is 18.8 Å². The average molecular weight is 310 g/mol. The van der Waals surface area contributed by atoms with E-state index in [4.69, 9.17) is 0 Å². The molecule has 1 fully saturated rings. The summed E-state index contributed by atoms with van der Waals surface area (Å²) in [5.41, 5.74) is 2.13. The van der Waals surface area contributed by atoms with Crippen molar-refractivity contribution in [2.75, 3.05) is 0 Å². The lowest BCUT2D eigenvalue weighted by Crippen LogP contribution is -2.39. The maximum atomic E-state index is 12.1. The molecule has 1 aromatic carbocycles. The number of hydrogen-bond donors (Lipinski definition) is 1. The number of carbonyl (C=O) groups is 2. The first kappa shape index (κ1) is 13.3. The lowest BCUT2D eigenvalue weighted by Gasteiger charge is -2.20. The zero-order chi connectivity index (χ0) is 15.1. The maximum Gasteiger partial charge on any atom is 0.234 e. The van der Waals surface area contributed by atoms with Crippen LogP contribution in [-0.4, -0.2) is 16.4 Å². The number of aromatic nitrogens is 1. The Morgan fingerprint density at radius 1 is 1.14 bits per heavy atom. The minimum absolute atomic E-state index is 0.172. The van der Waals surface area contributed by atoms with E-state index in [1.807, 2.05) is 29.8 Å². The molecule has 0 aliphatic carbocycles. The lowest BCUT2D eigenvalue weighted by atomic mass is 9.91. The number of amides is 2. The monoisotopic (exact) mass is 310 g/mol. The van der Waals surface area contributed by atoms with Gasteiger partial charge in [0.05, 0.1) is 5.92 Å². The van der Waals surface area contributed by atoms with E-state index in [1.165, 1.54) is 0 Å². The van der Waals surface area contributed by atoms with Crippen LogP contribution in [0.2, 0.25) is 0 Å². The highest BCUT2D eigenvalue weighted by Crippen LogP contribution is 2.36. The van der Waals surface area contributed by atoms with E-state index in [0.29, 0.717) is 12.8 Å². The molecule has 3 aromatic rings. The molecule has 22 heavy (non-hydrogen) atoms. The fraction of sp³-hybridized carbons (Fsp3) is 0.176. The van der Waals surface area contributed by atoms with E-state index < -0.39 is 0 Å². The molecule has 4 nitrogen and oxygen atoms in total. The van der Waals surface area contributed by atoms with Gasteiger partial charge in [0.2, 0.25) is 11.8 Å². The van der Waals surface area contributed by atoms with Gasteiger partial charge in [-0.05, 0) is 35.6 Å². The van der Waals surface area contributed by atoms with Crippen LogP contribution in [0.5, 0.6) is 0 Å². The maximum absolute atomic E-state index is 12.1. The number of rotatable bonds is 2. The third kappa shape index (κ3) is 2.05. The molecule has 4 rings (SSSR count). The number of para-hydroxylation sites is 1. The van der Waals surface area contributed by atoms with Crippen LogP contribution in [0.25, 0.3) is 15.9 Å². The van der Waals surface area contributed by atoms with E-state index in [0.717, 1.165) is 21.5 Å². The Balaban J connectivity index is 1.77. The van der Waals surface area contributed by atoms with Gasteiger partial charge in [0.15, 0.2) is 0 Å². The molecule has 1 saturated heterocycles. The second kappa shape index (κ2) is 5.10. The van der Waals surface area contributed by atoms with Gasteiger partial charge in [0.25, 0.3) is 0 Å². The molecule has 0 radical (unpaired) electrons. The molecule has 5 heteroatoms. The number of fused-ring (bicyclic) bond motifs is 1. The third-order valence-electron chi connectivity index (χ3n) is 4.10. The first-order chi connectivity index (χ1) is 10.7. The topological polar surface area (TPSA) is 51.1 Å². The molecule has 1 unspecified atom stereocenters. The van der Waals surface area contributed by atoms with Crippen molar-refractivity contribution < 1.29 is 9.59 Å². The van der Waals surface area contributed by atoms with Crippen LogP contribution < -0.4 is 5.32 Å². The van der Waals surface area contributed by atoms with Crippen LogP contribution in [0, 0.1) is 0 Å². The van der Waals surface area contributed by atoms with Crippen LogP contribution in [0.3, 0.4) is 0 Å². The summed E-state index contributed by atoms with van der Waals surface area (Å²) in [5.74, 6) is -0.573. The summed E-state index contributed by atoms with van der Waals surface area (Å²) in [6.07, 6.45) is 3.03. The highest BCUT2D eigenvalue weighted by atomic mass is 32.1. The molecule has 2 amide bonds. The number of thiophene rings is 1. The highest BCUT2D eigenvalue weighted by Gasteiger charge is 2.30. The van der Waals surface area contributed by atoms with Gasteiger partial charge in [-0.25, -0.2) is 0 Å². The fourth-order valence-corrected chi connectivity index (χ4v) is 4.12. The highest BCUT2D eigenvalue weighted by molar-refractivity contribution is 7.17. The zero-order valence-corrected chi connectivity index (χ0v) is 12.6. The molecule has 1 aliphatic heterocycles. The molecular formula is C17H14N2O2S. The summed E-state index contributed by atoms with van der Waals surface area (Å²) in [4.78, 5) is 24.5. The Morgan fingerprint density at radius 3 is 2.73 bits per heavy atom. The van der Waals surface area contributed by atoms with Gasteiger partial charge in [-0.15, -0.1) is 11.3 Å². The van der Waals surface area contributed by atoms with Gasteiger partial charge in [-0.1, -0.05) is 18.2 Å². The van der Waals surface area contributed by atoms with Gasteiger partial charge < -0.3 is 4.57 Å². The van der Waals surface area contributed by atoms with Crippen LogP contribution in [-0.2, 0) is 9.59 Å². The molecule has 0 bridgehead atoms. The van der Waals surface area contributed by atoms with Gasteiger partial charge in [0.1, 0.15) is 4.83 Å². The summed E-state index contributed by atoms with van der Waals surface area (Å²) < 4.78 is 2.13. The predicted molar refractivity (Wildman–Crippen MR) is 86.3 cm³/mol. The quantitative estimate of drug-likeness (QED) is 0.739. The van der Waals surface area contributed by atoms with Crippen LogP contribution >= 0.6 is 11.3 Å². The first-order valence-electron chi connectivity index (χ1n) is 7.21. The molecule has 0 spiro atoms. The van der Waals surface area contributed by atoms with Gasteiger partial charge in [-0.3, -0.25) is 14.9 Å². The Hall–Kier alpha value is -2.40. The van der Waals surface area contributed by atoms with Crippen molar-refractivity contribution in [3.63, 3.8) is 0 Å². The molecule has 1 aliphatic rings. The van der Waals surface area contributed by atoms with Crippen molar-refractivity contribution in [1.29, 1.82) is 0 Å². The third-order valence-corrected chi connectivity index (χ3v) is 5.11. The fourth-order valence-electron chi connectivity index (χ4n) is 2.99. The molecule has 0 saturated carbocycles. The number of piperidine rings is 1. The zero-order valence-electron chi connectivity index (χ0n) is 11.8.